The summed E-state index contributed by atoms with van der Waals surface area (Å²) in [6.07, 6.45) is -3.75. The largest absolute Gasteiger partial charge is 0.388 e. The Bertz CT molecular complexity index is 383. The smallest absolute Gasteiger partial charge is 0.184 e. The van der Waals surface area contributed by atoms with E-state index in [2.05, 4.69) is 0 Å². The van der Waals surface area contributed by atoms with E-state index >= 15 is 0 Å². The molecule has 0 spiro atoms. The predicted octanol–water partition coefficient (Wildman–Crippen LogP) is 0.685. The second-order valence-corrected chi connectivity index (χ2v) is 4.68. The van der Waals surface area contributed by atoms with Gasteiger partial charge in [0.15, 0.2) is 6.29 Å². The van der Waals surface area contributed by atoms with E-state index in [4.69, 9.17) is 14.2 Å². The zero-order valence-corrected chi connectivity index (χ0v) is 11.1. The van der Waals surface area contributed by atoms with Crippen LogP contribution < -0.4 is 0 Å². The van der Waals surface area contributed by atoms with Gasteiger partial charge in [-0.3, -0.25) is 0 Å². The topological polar surface area (TPSA) is 68.2 Å². The lowest BCUT2D eigenvalue weighted by molar-refractivity contribution is -0.293. The van der Waals surface area contributed by atoms with Crippen molar-refractivity contribution < 1.29 is 24.4 Å². The summed E-state index contributed by atoms with van der Waals surface area (Å²) in [5.74, 6) is 0. The second-order valence-electron chi connectivity index (χ2n) is 4.68. The lowest BCUT2D eigenvalue weighted by Crippen LogP contribution is -2.58. The van der Waals surface area contributed by atoms with Crippen molar-refractivity contribution in [1.29, 1.82) is 0 Å². The molecule has 5 heteroatoms. The van der Waals surface area contributed by atoms with Gasteiger partial charge in [-0.1, -0.05) is 30.3 Å². The van der Waals surface area contributed by atoms with Crippen LogP contribution in [0.15, 0.2) is 30.3 Å². The maximum atomic E-state index is 10.1. The van der Waals surface area contributed by atoms with E-state index in [9.17, 15) is 10.2 Å². The Labute approximate surface area is 112 Å². The number of ether oxygens (including phenoxy) is 3. The van der Waals surface area contributed by atoms with Crippen LogP contribution in [-0.2, 0) is 20.8 Å². The molecule has 1 fully saturated rings. The van der Waals surface area contributed by atoms with Crippen molar-refractivity contribution in [3.63, 3.8) is 0 Å². The molecule has 1 aliphatic heterocycles. The van der Waals surface area contributed by atoms with Gasteiger partial charge < -0.3 is 24.4 Å². The molecule has 1 aromatic rings. The van der Waals surface area contributed by atoms with Crippen LogP contribution >= 0.6 is 0 Å². The van der Waals surface area contributed by atoms with Crippen molar-refractivity contribution in [2.45, 2.75) is 44.2 Å². The van der Waals surface area contributed by atoms with Crippen molar-refractivity contribution in [2.75, 3.05) is 7.11 Å². The van der Waals surface area contributed by atoms with Gasteiger partial charge in [-0.15, -0.1) is 0 Å². The number of aliphatic hydroxyl groups excluding tert-OH is 2. The molecule has 1 aliphatic rings. The molecule has 1 heterocycles. The summed E-state index contributed by atoms with van der Waals surface area (Å²) < 4.78 is 16.1. The highest BCUT2D eigenvalue weighted by molar-refractivity contribution is 5.13. The van der Waals surface area contributed by atoms with Crippen LogP contribution in [0.3, 0.4) is 0 Å². The highest BCUT2D eigenvalue weighted by atomic mass is 16.7. The third kappa shape index (κ3) is 3.32. The molecule has 0 bridgehead atoms. The first-order chi connectivity index (χ1) is 9.13. The number of rotatable bonds is 4. The quantitative estimate of drug-likeness (QED) is 0.840. The Morgan fingerprint density at radius 2 is 1.84 bits per heavy atom. The van der Waals surface area contributed by atoms with Crippen LogP contribution in [0.1, 0.15) is 12.5 Å². The fourth-order valence-electron chi connectivity index (χ4n) is 2.21. The molecule has 1 aromatic carbocycles. The van der Waals surface area contributed by atoms with Gasteiger partial charge in [0.05, 0.1) is 12.7 Å². The highest BCUT2D eigenvalue weighted by Crippen LogP contribution is 2.24. The van der Waals surface area contributed by atoms with Crippen LogP contribution in [0.4, 0.5) is 0 Å². The fraction of sp³-hybridized carbons (Fsp3) is 0.571. The summed E-state index contributed by atoms with van der Waals surface area (Å²) >= 11 is 0. The number of hydrogen-bond acceptors (Lipinski definition) is 5. The van der Waals surface area contributed by atoms with Crippen molar-refractivity contribution >= 4 is 0 Å². The molecule has 0 radical (unpaired) electrons. The molecule has 5 unspecified atom stereocenters. The first-order valence-corrected chi connectivity index (χ1v) is 6.33. The van der Waals surface area contributed by atoms with Gasteiger partial charge in [-0.25, -0.2) is 0 Å². The molecule has 2 rings (SSSR count). The zero-order chi connectivity index (χ0) is 13.8. The summed E-state index contributed by atoms with van der Waals surface area (Å²) in [7, 11) is 1.46. The van der Waals surface area contributed by atoms with Gasteiger partial charge in [0.25, 0.3) is 0 Å². The third-order valence-electron chi connectivity index (χ3n) is 3.33. The highest BCUT2D eigenvalue weighted by Gasteiger charge is 2.44. The first-order valence-electron chi connectivity index (χ1n) is 6.33. The van der Waals surface area contributed by atoms with Crippen molar-refractivity contribution in [3.05, 3.63) is 35.9 Å². The van der Waals surface area contributed by atoms with Gasteiger partial charge in [-0.05, 0) is 12.5 Å². The fourth-order valence-corrected chi connectivity index (χ4v) is 2.21. The normalized spacial score (nSPS) is 35.3. The maximum absolute atomic E-state index is 10.1. The summed E-state index contributed by atoms with van der Waals surface area (Å²) in [6.45, 7) is 2.04. The van der Waals surface area contributed by atoms with Gasteiger partial charge in [-0.2, -0.15) is 0 Å². The number of methoxy groups -OCH3 is 1. The maximum Gasteiger partial charge on any atom is 0.184 e. The van der Waals surface area contributed by atoms with Gasteiger partial charge in [0, 0.05) is 7.11 Å². The summed E-state index contributed by atoms with van der Waals surface area (Å²) in [5, 5.41) is 19.9. The Morgan fingerprint density at radius 3 is 2.47 bits per heavy atom. The minimum Gasteiger partial charge on any atom is -0.388 e. The number of aliphatic hydroxyl groups is 2. The molecule has 0 saturated carbocycles. The van der Waals surface area contributed by atoms with Crippen molar-refractivity contribution in [3.8, 4) is 0 Å². The van der Waals surface area contributed by atoms with E-state index in [0.29, 0.717) is 6.61 Å². The molecule has 5 atom stereocenters. The SMILES string of the molecule is COC1C(O)OC(C)C(O)C1OCc1ccccc1. The average molecular weight is 268 g/mol. The Hall–Kier alpha value is -0.980. The minimum absolute atomic E-state index is 0.349. The van der Waals surface area contributed by atoms with E-state index in [-0.39, 0.29) is 0 Å². The van der Waals surface area contributed by atoms with Crippen LogP contribution in [0, 0.1) is 0 Å². The summed E-state index contributed by atoms with van der Waals surface area (Å²) in [5.41, 5.74) is 0.998. The summed E-state index contributed by atoms with van der Waals surface area (Å²) in [6, 6.07) is 9.64. The number of benzene rings is 1. The molecule has 106 valence electrons. The standard InChI is InChI=1S/C14H20O5/c1-9-11(15)12(13(17-2)14(16)19-9)18-8-10-6-4-3-5-7-10/h3-7,9,11-16H,8H2,1-2H3. The Balaban J connectivity index is 2.02. The van der Waals surface area contributed by atoms with E-state index in [0.717, 1.165) is 5.56 Å². The molecule has 0 aromatic heterocycles. The third-order valence-corrected chi connectivity index (χ3v) is 3.33. The van der Waals surface area contributed by atoms with E-state index in [1.165, 1.54) is 7.11 Å². The van der Waals surface area contributed by atoms with Crippen LogP contribution in [0.25, 0.3) is 0 Å². The van der Waals surface area contributed by atoms with Crippen LogP contribution in [0.2, 0.25) is 0 Å². The van der Waals surface area contributed by atoms with Crippen LogP contribution in [-0.4, -0.2) is 48.0 Å². The number of hydrogen-bond donors (Lipinski definition) is 2. The second kappa shape index (κ2) is 6.45. The molecule has 2 N–H and O–H groups in total. The summed E-state index contributed by atoms with van der Waals surface area (Å²) in [4.78, 5) is 0. The van der Waals surface area contributed by atoms with Crippen molar-refractivity contribution in [1.82, 2.24) is 0 Å². The van der Waals surface area contributed by atoms with Gasteiger partial charge >= 0.3 is 0 Å². The van der Waals surface area contributed by atoms with E-state index in [1.54, 1.807) is 6.92 Å². The van der Waals surface area contributed by atoms with E-state index in [1.807, 2.05) is 30.3 Å². The predicted molar refractivity (Wildman–Crippen MR) is 68.4 cm³/mol. The molecular formula is C14H20O5. The Morgan fingerprint density at radius 1 is 1.16 bits per heavy atom. The molecule has 19 heavy (non-hydrogen) atoms. The molecule has 0 aliphatic carbocycles. The minimum atomic E-state index is -1.09. The van der Waals surface area contributed by atoms with Gasteiger partial charge in [0.2, 0.25) is 0 Å². The first kappa shape index (κ1) is 14.4. The van der Waals surface area contributed by atoms with Crippen molar-refractivity contribution in [2.24, 2.45) is 0 Å². The van der Waals surface area contributed by atoms with Crippen LogP contribution in [0.5, 0.6) is 0 Å². The zero-order valence-electron chi connectivity index (χ0n) is 11.1. The van der Waals surface area contributed by atoms with Gasteiger partial charge in [0.1, 0.15) is 18.3 Å². The Kier molecular flexibility index (Phi) is 4.90. The average Bonchev–Trinajstić information content (AvgIpc) is 2.42. The van der Waals surface area contributed by atoms with E-state index < -0.39 is 30.7 Å². The lowest BCUT2D eigenvalue weighted by atomic mass is 9.99. The molecule has 5 nitrogen and oxygen atoms in total. The monoisotopic (exact) mass is 268 g/mol. The molecule has 1 saturated heterocycles. The lowest BCUT2D eigenvalue weighted by Gasteiger charge is -2.40. The molecular weight excluding hydrogens is 248 g/mol. The molecule has 0 amide bonds.